The lowest BCUT2D eigenvalue weighted by Crippen LogP contribution is -2.84. The van der Waals surface area contributed by atoms with Crippen LogP contribution in [0.1, 0.15) is 24.8 Å². The number of rotatable bonds is 6. The number of anilines is 1. The van der Waals surface area contributed by atoms with Crippen molar-refractivity contribution in [1.29, 1.82) is 0 Å². The Hall–Kier alpha value is -2.74. The minimum Gasteiger partial charge on any atom is -0.484 e. The molecule has 1 aromatic heterocycles. The van der Waals surface area contributed by atoms with E-state index in [1.807, 2.05) is 12.3 Å². The zero-order valence-corrected chi connectivity index (χ0v) is 16.9. The normalized spacial score (nSPS) is 28.3. The Kier molecular flexibility index (Phi) is 4.43. The second kappa shape index (κ2) is 6.91. The molecule has 6 rings (SSSR count). The summed E-state index contributed by atoms with van der Waals surface area (Å²) in [5.74, 6) is 0.354. The number of nitrogens with one attached hydrogen (secondary N) is 4. The molecule has 0 spiro atoms. The lowest BCUT2D eigenvalue weighted by Gasteiger charge is -2.70. The molecule has 2 heterocycles. The van der Waals surface area contributed by atoms with Gasteiger partial charge in [-0.15, -0.1) is 0 Å². The summed E-state index contributed by atoms with van der Waals surface area (Å²) in [7, 11) is 0. The fraction of sp³-hybridized carbons (Fsp3) is 0.429. The minimum atomic E-state index is -0.590. The van der Waals surface area contributed by atoms with E-state index < -0.39 is 5.82 Å². The molecule has 4 aliphatic rings. The van der Waals surface area contributed by atoms with E-state index in [2.05, 4.69) is 20.9 Å². The van der Waals surface area contributed by atoms with Crippen molar-refractivity contribution >= 4 is 29.2 Å². The summed E-state index contributed by atoms with van der Waals surface area (Å²) in [5.41, 5.74) is 0.656. The SMILES string of the molecule is O=C(COc1ccc(Cl)c(F)c1)NC12CC(NC(=O)C3CNc4[nH]ccc4C3)(C1)C2. The Morgan fingerprint density at radius 3 is 2.73 bits per heavy atom. The number of carbonyl (C=O) groups excluding carboxylic acids is 2. The average molecular weight is 433 g/mol. The summed E-state index contributed by atoms with van der Waals surface area (Å²) in [5, 5.41) is 9.45. The first-order valence-corrected chi connectivity index (χ1v) is 10.3. The van der Waals surface area contributed by atoms with Crippen molar-refractivity contribution in [2.24, 2.45) is 5.92 Å². The molecule has 1 aliphatic heterocycles. The number of amides is 2. The first-order valence-electron chi connectivity index (χ1n) is 9.96. The monoisotopic (exact) mass is 432 g/mol. The molecule has 2 amide bonds. The van der Waals surface area contributed by atoms with E-state index in [4.69, 9.17) is 16.3 Å². The van der Waals surface area contributed by atoms with Crippen molar-refractivity contribution in [3.05, 3.63) is 46.9 Å². The summed E-state index contributed by atoms with van der Waals surface area (Å²) in [6.07, 6.45) is 4.77. The van der Waals surface area contributed by atoms with Crippen LogP contribution in [0.15, 0.2) is 30.5 Å². The number of hydrogen-bond acceptors (Lipinski definition) is 4. The number of fused-ring (bicyclic) bond motifs is 1. The maximum atomic E-state index is 13.4. The van der Waals surface area contributed by atoms with Gasteiger partial charge in [0.1, 0.15) is 17.4 Å². The third kappa shape index (κ3) is 3.39. The predicted molar refractivity (Wildman–Crippen MR) is 109 cm³/mol. The van der Waals surface area contributed by atoms with E-state index in [1.54, 1.807) is 0 Å². The highest BCUT2D eigenvalue weighted by Crippen LogP contribution is 2.60. The topological polar surface area (TPSA) is 95.2 Å². The molecule has 7 nitrogen and oxygen atoms in total. The van der Waals surface area contributed by atoms with Crippen LogP contribution in [-0.4, -0.2) is 41.0 Å². The van der Waals surface area contributed by atoms with Crippen molar-refractivity contribution in [3.63, 3.8) is 0 Å². The highest BCUT2D eigenvalue weighted by Gasteiger charge is 2.69. The highest BCUT2D eigenvalue weighted by molar-refractivity contribution is 6.30. The standard InChI is InChI=1S/C21H22ClFN4O3/c22-15-2-1-14(6-16(15)23)30-8-17(28)26-20-9-21(10-20,11-20)27-19(29)13-5-12-3-4-24-18(12)25-7-13/h1-4,6,13,24-25H,5,7-11H2,(H,26,28)(H,27,29). The van der Waals surface area contributed by atoms with Crippen molar-refractivity contribution < 1.29 is 18.7 Å². The number of hydrogen-bond donors (Lipinski definition) is 4. The summed E-state index contributed by atoms with van der Waals surface area (Å²) < 4.78 is 18.8. The van der Waals surface area contributed by atoms with Gasteiger partial charge in [0.15, 0.2) is 6.61 Å². The second-order valence-electron chi connectivity index (χ2n) is 8.65. The molecule has 1 unspecified atom stereocenters. The lowest BCUT2D eigenvalue weighted by molar-refractivity contribution is -0.152. The van der Waals surface area contributed by atoms with E-state index in [1.165, 1.54) is 12.1 Å². The molecule has 2 bridgehead atoms. The first-order chi connectivity index (χ1) is 14.4. The van der Waals surface area contributed by atoms with Crippen molar-refractivity contribution in [2.45, 2.75) is 36.8 Å². The molecule has 3 fully saturated rings. The maximum absolute atomic E-state index is 13.4. The molecule has 4 N–H and O–H groups in total. The van der Waals surface area contributed by atoms with Gasteiger partial charge in [-0.05, 0) is 49.4 Å². The molecule has 3 saturated carbocycles. The van der Waals surface area contributed by atoms with Gasteiger partial charge in [-0.1, -0.05) is 11.6 Å². The Bertz CT molecular complexity index is 1000. The number of ether oxygens (including phenoxy) is 1. The highest BCUT2D eigenvalue weighted by atomic mass is 35.5. The number of aromatic amines is 1. The molecule has 0 saturated heterocycles. The maximum Gasteiger partial charge on any atom is 0.258 e. The Morgan fingerprint density at radius 1 is 1.20 bits per heavy atom. The van der Waals surface area contributed by atoms with Gasteiger partial charge in [0.25, 0.3) is 5.91 Å². The fourth-order valence-corrected chi connectivity index (χ4v) is 5.07. The Labute approximate surface area is 177 Å². The van der Waals surface area contributed by atoms with Gasteiger partial charge in [-0.2, -0.15) is 0 Å². The average Bonchev–Trinajstić information content (AvgIpc) is 3.14. The molecule has 3 aliphatic carbocycles. The van der Waals surface area contributed by atoms with Crippen LogP contribution < -0.4 is 20.7 Å². The van der Waals surface area contributed by atoms with Crippen LogP contribution in [0, 0.1) is 11.7 Å². The minimum absolute atomic E-state index is 0.00515. The van der Waals surface area contributed by atoms with Gasteiger partial charge in [0, 0.05) is 29.9 Å². The van der Waals surface area contributed by atoms with E-state index >= 15 is 0 Å². The molecular formula is C21H22ClFN4O3. The second-order valence-corrected chi connectivity index (χ2v) is 9.06. The number of carbonyl (C=O) groups is 2. The van der Waals surface area contributed by atoms with Gasteiger partial charge in [0.05, 0.1) is 10.9 Å². The molecule has 1 atom stereocenters. The first kappa shape index (κ1) is 19.2. The van der Waals surface area contributed by atoms with Gasteiger partial charge in [-0.25, -0.2) is 4.39 Å². The number of H-pyrrole nitrogens is 1. The molecule has 158 valence electrons. The van der Waals surface area contributed by atoms with Gasteiger partial charge in [-0.3, -0.25) is 9.59 Å². The summed E-state index contributed by atoms with van der Waals surface area (Å²) in [4.78, 5) is 28.0. The zero-order chi connectivity index (χ0) is 20.9. The number of benzene rings is 1. The van der Waals surface area contributed by atoms with Crippen molar-refractivity contribution in [1.82, 2.24) is 15.6 Å². The Balaban J connectivity index is 1.07. The molecular weight excluding hydrogens is 411 g/mol. The molecule has 9 heteroatoms. The number of aromatic nitrogens is 1. The molecule has 0 radical (unpaired) electrons. The molecule has 1 aromatic carbocycles. The smallest absolute Gasteiger partial charge is 0.258 e. The summed E-state index contributed by atoms with van der Waals surface area (Å²) in [6, 6.07) is 6.04. The van der Waals surface area contributed by atoms with Gasteiger partial charge >= 0.3 is 0 Å². The lowest BCUT2D eigenvalue weighted by atomic mass is 9.44. The van der Waals surface area contributed by atoms with Gasteiger partial charge in [0.2, 0.25) is 5.91 Å². The van der Waals surface area contributed by atoms with Crippen LogP contribution in [0.25, 0.3) is 0 Å². The van der Waals surface area contributed by atoms with Crippen LogP contribution in [0.3, 0.4) is 0 Å². The summed E-state index contributed by atoms with van der Waals surface area (Å²) >= 11 is 5.63. The molecule has 2 aromatic rings. The van der Waals surface area contributed by atoms with Crippen molar-refractivity contribution in [2.75, 3.05) is 18.5 Å². The third-order valence-corrected chi connectivity index (χ3v) is 6.59. The zero-order valence-electron chi connectivity index (χ0n) is 16.2. The van der Waals surface area contributed by atoms with Crippen LogP contribution in [0.4, 0.5) is 10.2 Å². The van der Waals surface area contributed by atoms with Crippen molar-refractivity contribution in [3.8, 4) is 5.75 Å². The van der Waals surface area contributed by atoms with E-state index in [0.717, 1.165) is 43.1 Å². The van der Waals surface area contributed by atoms with Crippen LogP contribution in [-0.2, 0) is 16.0 Å². The van der Waals surface area contributed by atoms with Crippen LogP contribution >= 0.6 is 11.6 Å². The van der Waals surface area contributed by atoms with E-state index in [0.29, 0.717) is 6.54 Å². The van der Waals surface area contributed by atoms with Gasteiger partial charge < -0.3 is 25.7 Å². The Morgan fingerprint density at radius 2 is 1.97 bits per heavy atom. The van der Waals surface area contributed by atoms with Crippen LogP contribution in [0.5, 0.6) is 5.75 Å². The van der Waals surface area contributed by atoms with E-state index in [9.17, 15) is 14.0 Å². The largest absolute Gasteiger partial charge is 0.484 e. The predicted octanol–water partition coefficient (Wildman–Crippen LogP) is 2.38. The van der Waals surface area contributed by atoms with Crippen LogP contribution in [0.2, 0.25) is 5.02 Å². The van der Waals surface area contributed by atoms with E-state index in [-0.39, 0.29) is 46.2 Å². The fourth-order valence-electron chi connectivity index (χ4n) is 4.95. The summed E-state index contributed by atoms with van der Waals surface area (Å²) in [6.45, 7) is 0.412. The quantitative estimate of drug-likeness (QED) is 0.563. The number of halogens is 2. The molecule has 30 heavy (non-hydrogen) atoms. The third-order valence-electron chi connectivity index (χ3n) is 6.28.